The van der Waals surface area contributed by atoms with Crippen LogP contribution in [-0.4, -0.2) is 12.6 Å². The third-order valence-corrected chi connectivity index (χ3v) is 5.99. The molecule has 0 saturated heterocycles. The van der Waals surface area contributed by atoms with Crippen LogP contribution in [0.5, 0.6) is 0 Å². The van der Waals surface area contributed by atoms with Gasteiger partial charge in [0, 0.05) is 11.6 Å². The van der Waals surface area contributed by atoms with Gasteiger partial charge in [-0.05, 0) is 98.2 Å². The maximum atomic E-state index is 15.4. The highest BCUT2D eigenvalue weighted by atomic mass is 35.5. The number of hydrogen-bond acceptors (Lipinski definition) is 3. The van der Waals surface area contributed by atoms with Gasteiger partial charge in [-0.25, -0.2) is 4.39 Å². The van der Waals surface area contributed by atoms with Crippen molar-refractivity contribution in [1.29, 1.82) is 0 Å². The lowest BCUT2D eigenvalue weighted by molar-refractivity contribution is -0.143. The van der Waals surface area contributed by atoms with Gasteiger partial charge in [0.2, 0.25) is 0 Å². The largest absolute Gasteiger partial charge is 0.466 e. The molecule has 3 nitrogen and oxygen atoms in total. The van der Waals surface area contributed by atoms with Crippen LogP contribution in [-0.2, 0) is 16.0 Å². The van der Waals surface area contributed by atoms with Gasteiger partial charge < -0.3 is 10.5 Å². The summed E-state index contributed by atoms with van der Waals surface area (Å²) >= 11 is 0. The van der Waals surface area contributed by atoms with Crippen molar-refractivity contribution >= 4 is 18.4 Å². The Bertz CT molecular complexity index is 939. The molecular formula is C27H35ClFNO2. The lowest BCUT2D eigenvalue weighted by Gasteiger charge is -2.19. The second kappa shape index (κ2) is 12.2. The van der Waals surface area contributed by atoms with E-state index in [0.29, 0.717) is 12.2 Å². The van der Waals surface area contributed by atoms with Crippen LogP contribution in [0.4, 0.5) is 4.39 Å². The van der Waals surface area contributed by atoms with Crippen molar-refractivity contribution in [3.05, 3.63) is 71.1 Å². The van der Waals surface area contributed by atoms with E-state index in [1.165, 1.54) is 11.1 Å². The first-order chi connectivity index (χ1) is 15.0. The molecule has 2 N–H and O–H groups in total. The van der Waals surface area contributed by atoms with E-state index in [1.807, 2.05) is 18.2 Å². The molecule has 1 saturated carbocycles. The third-order valence-electron chi connectivity index (χ3n) is 5.99. The first-order valence-electron chi connectivity index (χ1n) is 11.4. The summed E-state index contributed by atoms with van der Waals surface area (Å²) in [6.45, 7) is 7.95. The fourth-order valence-corrected chi connectivity index (χ4v) is 4.24. The molecule has 0 aromatic heterocycles. The van der Waals surface area contributed by atoms with Crippen molar-refractivity contribution in [1.82, 2.24) is 0 Å². The molecule has 5 heteroatoms. The Morgan fingerprint density at radius 3 is 2.72 bits per heavy atom. The van der Waals surface area contributed by atoms with Crippen LogP contribution in [0.1, 0.15) is 79.7 Å². The maximum absolute atomic E-state index is 15.4. The molecule has 1 aliphatic rings. The number of unbranched alkanes of at least 4 members (excludes halogenated alkanes) is 2. The highest BCUT2D eigenvalue weighted by Crippen LogP contribution is 2.45. The standard InChI is InChI=1S/C27H34FNO2.ClH/c1-4-6-7-8-11-20-12-9-10-18(3)26(20)21-15-22(19-13-14-19)27(28)23(16-21)24(29)17-25(30)31-5-2;/h4,9-10,12,15-16,19,24H,1,5-8,11,13-14,17,29H2,2-3H3;1H/t24-;/m0./s1. The van der Waals surface area contributed by atoms with E-state index < -0.39 is 12.0 Å². The number of halogens is 2. The zero-order valence-corrected chi connectivity index (χ0v) is 20.0. The second-order valence-corrected chi connectivity index (χ2v) is 8.50. The summed E-state index contributed by atoms with van der Waals surface area (Å²) in [6, 6.07) is 9.47. The monoisotopic (exact) mass is 459 g/mol. The smallest absolute Gasteiger partial charge is 0.307 e. The Kier molecular flexibility index (Phi) is 9.92. The number of hydrogen-bond donors (Lipinski definition) is 1. The summed E-state index contributed by atoms with van der Waals surface area (Å²) in [5.74, 6) is -0.413. The minimum atomic E-state index is -0.725. The second-order valence-electron chi connectivity index (χ2n) is 8.50. The molecule has 1 atom stereocenters. The van der Waals surface area contributed by atoms with E-state index >= 15 is 4.39 Å². The van der Waals surface area contributed by atoms with Crippen LogP contribution in [0, 0.1) is 12.7 Å². The summed E-state index contributed by atoms with van der Waals surface area (Å²) in [7, 11) is 0. The van der Waals surface area contributed by atoms with Crippen molar-refractivity contribution in [2.24, 2.45) is 5.73 Å². The molecule has 3 rings (SSSR count). The van der Waals surface area contributed by atoms with Gasteiger partial charge in [0.1, 0.15) is 5.82 Å². The minimum absolute atomic E-state index is 0. The predicted molar refractivity (Wildman–Crippen MR) is 132 cm³/mol. The number of nitrogens with two attached hydrogens (primary N) is 1. The molecule has 0 unspecified atom stereocenters. The van der Waals surface area contributed by atoms with Gasteiger partial charge in [0.25, 0.3) is 0 Å². The lowest BCUT2D eigenvalue weighted by atomic mass is 9.88. The van der Waals surface area contributed by atoms with E-state index in [4.69, 9.17) is 10.5 Å². The normalized spacial score (nSPS) is 13.9. The van der Waals surface area contributed by atoms with Gasteiger partial charge in [-0.3, -0.25) is 4.79 Å². The molecule has 0 bridgehead atoms. The number of allylic oxidation sites excluding steroid dienone is 1. The molecule has 174 valence electrons. The topological polar surface area (TPSA) is 52.3 Å². The van der Waals surface area contributed by atoms with Crippen LogP contribution >= 0.6 is 12.4 Å². The van der Waals surface area contributed by atoms with Gasteiger partial charge in [-0.15, -0.1) is 19.0 Å². The molecule has 0 radical (unpaired) electrons. The van der Waals surface area contributed by atoms with Crippen LogP contribution < -0.4 is 5.73 Å². The number of rotatable bonds is 11. The Labute approximate surface area is 197 Å². The molecule has 1 aliphatic carbocycles. The van der Waals surface area contributed by atoms with Crippen LogP contribution in [0.15, 0.2) is 43.0 Å². The van der Waals surface area contributed by atoms with Gasteiger partial charge in [-0.2, -0.15) is 0 Å². The summed E-state index contributed by atoms with van der Waals surface area (Å²) in [5.41, 5.74) is 12.0. The molecule has 0 heterocycles. The number of carbonyl (C=O) groups is 1. The molecule has 0 amide bonds. The molecular weight excluding hydrogens is 425 g/mol. The van der Waals surface area contributed by atoms with Gasteiger partial charge in [0.15, 0.2) is 0 Å². The maximum Gasteiger partial charge on any atom is 0.307 e. The quantitative estimate of drug-likeness (QED) is 0.224. The van der Waals surface area contributed by atoms with E-state index in [9.17, 15) is 4.79 Å². The Morgan fingerprint density at radius 1 is 1.31 bits per heavy atom. The third kappa shape index (κ3) is 6.43. The van der Waals surface area contributed by atoms with E-state index in [-0.39, 0.29) is 30.6 Å². The molecule has 0 aliphatic heterocycles. The molecule has 1 fully saturated rings. The first kappa shape index (κ1) is 26.1. The molecule has 0 spiro atoms. The summed E-state index contributed by atoms with van der Waals surface area (Å²) in [4.78, 5) is 12.0. The van der Waals surface area contributed by atoms with E-state index in [2.05, 4.69) is 31.7 Å². The van der Waals surface area contributed by atoms with Crippen molar-refractivity contribution in [2.45, 2.75) is 70.8 Å². The number of ether oxygens (including phenoxy) is 1. The van der Waals surface area contributed by atoms with Crippen LogP contribution in [0.25, 0.3) is 11.1 Å². The van der Waals surface area contributed by atoms with Crippen molar-refractivity contribution < 1.29 is 13.9 Å². The fourth-order valence-electron chi connectivity index (χ4n) is 4.24. The predicted octanol–water partition coefficient (Wildman–Crippen LogP) is 6.95. The zero-order valence-electron chi connectivity index (χ0n) is 19.2. The SMILES string of the molecule is C=CCCCCc1cccc(C)c1-c1cc(C2CC2)c(F)c([C@@H](N)CC(=O)OCC)c1.Cl. The van der Waals surface area contributed by atoms with Gasteiger partial charge >= 0.3 is 5.97 Å². The highest BCUT2D eigenvalue weighted by Gasteiger charge is 2.30. The first-order valence-corrected chi connectivity index (χ1v) is 11.4. The Hall–Kier alpha value is -2.17. The van der Waals surface area contributed by atoms with Crippen molar-refractivity contribution in [3.8, 4) is 11.1 Å². The summed E-state index contributed by atoms with van der Waals surface area (Å²) in [5, 5.41) is 0. The zero-order chi connectivity index (χ0) is 22.4. The minimum Gasteiger partial charge on any atom is -0.466 e. The van der Waals surface area contributed by atoms with E-state index in [1.54, 1.807) is 6.92 Å². The molecule has 32 heavy (non-hydrogen) atoms. The van der Waals surface area contributed by atoms with Crippen molar-refractivity contribution in [2.75, 3.05) is 6.61 Å². The van der Waals surface area contributed by atoms with E-state index in [0.717, 1.165) is 55.2 Å². The fraction of sp³-hybridized carbons (Fsp3) is 0.444. The highest BCUT2D eigenvalue weighted by molar-refractivity contribution is 5.85. The number of aryl methyl sites for hydroxylation is 2. The molecule has 2 aromatic carbocycles. The van der Waals surface area contributed by atoms with Crippen molar-refractivity contribution in [3.63, 3.8) is 0 Å². The number of carbonyl (C=O) groups excluding carboxylic acids is 1. The number of benzene rings is 2. The number of esters is 1. The average molecular weight is 460 g/mol. The Morgan fingerprint density at radius 2 is 2.06 bits per heavy atom. The van der Waals surface area contributed by atoms with Crippen LogP contribution in [0.3, 0.4) is 0 Å². The molecule has 2 aromatic rings. The lowest BCUT2D eigenvalue weighted by Crippen LogP contribution is -2.19. The Balaban J connectivity index is 0.00000363. The summed E-state index contributed by atoms with van der Waals surface area (Å²) in [6.07, 6.45) is 8.07. The van der Waals surface area contributed by atoms with Crippen LogP contribution in [0.2, 0.25) is 0 Å². The van der Waals surface area contributed by atoms with Gasteiger partial charge in [0.05, 0.1) is 13.0 Å². The average Bonchev–Trinajstić information content (AvgIpc) is 3.57. The summed E-state index contributed by atoms with van der Waals surface area (Å²) < 4.78 is 20.4. The van der Waals surface area contributed by atoms with Gasteiger partial charge in [-0.1, -0.05) is 24.3 Å².